The van der Waals surface area contributed by atoms with Crippen LogP contribution in [-0.2, 0) is 16.1 Å². The topological polar surface area (TPSA) is 98.6 Å². The third-order valence-electron chi connectivity index (χ3n) is 5.74. The van der Waals surface area contributed by atoms with E-state index in [2.05, 4.69) is 15.6 Å². The van der Waals surface area contributed by atoms with Crippen LogP contribution in [0.2, 0.25) is 0 Å². The highest BCUT2D eigenvalue weighted by atomic mass is 16.5. The number of amides is 2. The Balaban J connectivity index is 1.87. The second-order valence-electron chi connectivity index (χ2n) is 9.56. The van der Waals surface area contributed by atoms with Crippen LogP contribution in [0, 0.1) is 0 Å². The Labute approximate surface area is 216 Å². The second-order valence-corrected chi connectivity index (χ2v) is 9.56. The normalized spacial score (nSPS) is 12.1. The van der Waals surface area contributed by atoms with Gasteiger partial charge in [0.15, 0.2) is 11.5 Å². The van der Waals surface area contributed by atoms with E-state index in [1.54, 1.807) is 30.3 Å². The molecule has 4 aromatic rings. The smallest absolute Gasteiger partial charge is 0.249 e. The maximum atomic E-state index is 14.1. The van der Waals surface area contributed by atoms with Gasteiger partial charge >= 0.3 is 0 Å². The number of anilines is 1. The summed E-state index contributed by atoms with van der Waals surface area (Å²) >= 11 is 0. The zero-order valence-corrected chi connectivity index (χ0v) is 21.6. The van der Waals surface area contributed by atoms with Crippen molar-refractivity contribution in [2.45, 2.75) is 38.9 Å². The average molecular weight is 502 g/mol. The van der Waals surface area contributed by atoms with Crippen molar-refractivity contribution in [3.05, 3.63) is 78.4 Å². The summed E-state index contributed by atoms with van der Waals surface area (Å²) < 4.78 is 12.7. The van der Waals surface area contributed by atoms with Crippen molar-refractivity contribution < 1.29 is 19.1 Å². The van der Waals surface area contributed by atoms with E-state index in [-0.39, 0.29) is 18.4 Å². The van der Waals surface area contributed by atoms with Crippen LogP contribution >= 0.6 is 0 Å². The van der Waals surface area contributed by atoms with Crippen LogP contribution in [-0.4, -0.2) is 46.6 Å². The van der Waals surface area contributed by atoms with Gasteiger partial charge in [-0.25, -0.2) is 4.68 Å². The molecule has 192 valence electrons. The molecule has 1 N–H and O–H groups in total. The van der Waals surface area contributed by atoms with Gasteiger partial charge in [-0.1, -0.05) is 47.7 Å². The molecule has 0 spiro atoms. The third kappa shape index (κ3) is 5.55. The molecule has 0 radical (unpaired) electrons. The maximum absolute atomic E-state index is 14.1. The monoisotopic (exact) mass is 501 g/mol. The molecule has 3 aromatic carbocycles. The molecule has 9 nitrogen and oxygen atoms in total. The van der Waals surface area contributed by atoms with Crippen molar-refractivity contribution >= 4 is 28.5 Å². The fourth-order valence-corrected chi connectivity index (χ4v) is 4.23. The molecule has 1 atom stereocenters. The fraction of sp³-hybridized carbons (Fsp3) is 0.286. The number of carbonyl (C=O) groups excluding carboxylic acids is 2. The van der Waals surface area contributed by atoms with E-state index in [0.29, 0.717) is 28.3 Å². The molecule has 2 amide bonds. The van der Waals surface area contributed by atoms with Crippen LogP contribution in [0.1, 0.15) is 32.4 Å². The number of benzene rings is 3. The molecule has 0 saturated carbocycles. The van der Waals surface area contributed by atoms with E-state index in [0.717, 1.165) is 5.52 Å². The van der Waals surface area contributed by atoms with Crippen LogP contribution in [0.5, 0.6) is 11.5 Å². The number of hydrogen-bond acceptors (Lipinski definition) is 6. The Morgan fingerprint density at radius 3 is 2.32 bits per heavy atom. The molecule has 1 heterocycles. The van der Waals surface area contributed by atoms with E-state index >= 15 is 0 Å². The van der Waals surface area contributed by atoms with Gasteiger partial charge in [0, 0.05) is 16.8 Å². The van der Waals surface area contributed by atoms with Gasteiger partial charge in [0.25, 0.3) is 0 Å². The van der Waals surface area contributed by atoms with Crippen molar-refractivity contribution in [1.82, 2.24) is 20.3 Å². The molecular weight excluding hydrogens is 470 g/mol. The Bertz CT molecular complexity index is 1390. The van der Waals surface area contributed by atoms with Crippen molar-refractivity contribution in [2.75, 3.05) is 19.1 Å². The number of ether oxygens (including phenoxy) is 2. The minimum absolute atomic E-state index is 0.124. The highest BCUT2D eigenvalue weighted by Crippen LogP contribution is 2.39. The lowest BCUT2D eigenvalue weighted by Gasteiger charge is -2.34. The number of methoxy groups -OCH3 is 2. The molecule has 1 aromatic heterocycles. The van der Waals surface area contributed by atoms with E-state index < -0.39 is 11.6 Å². The Morgan fingerprint density at radius 2 is 1.65 bits per heavy atom. The molecule has 9 heteroatoms. The predicted molar refractivity (Wildman–Crippen MR) is 142 cm³/mol. The first-order valence-electron chi connectivity index (χ1n) is 11.9. The minimum atomic E-state index is -1.06. The van der Waals surface area contributed by atoms with Gasteiger partial charge in [0.05, 0.1) is 19.7 Å². The zero-order chi connectivity index (χ0) is 26.6. The molecule has 0 saturated heterocycles. The van der Waals surface area contributed by atoms with Gasteiger partial charge in [-0.3, -0.25) is 14.5 Å². The summed E-state index contributed by atoms with van der Waals surface area (Å²) in [6.07, 6.45) is 0. The number of nitrogens with one attached hydrogen (secondary N) is 1. The van der Waals surface area contributed by atoms with Gasteiger partial charge in [0.1, 0.15) is 18.1 Å². The lowest BCUT2D eigenvalue weighted by molar-refractivity contribution is -0.128. The number of hydrogen-bond donors (Lipinski definition) is 1. The number of carbonyl (C=O) groups is 2. The number of rotatable bonds is 8. The van der Waals surface area contributed by atoms with E-state index in [1.165, 1.54) is 23.8 Å². The Hall–Kier alpha value is -4.40. The largest absolute Gasteiger partial charge is 0.493 e. The number of aromatic nitrogens is 3. The number of fused-ring (bicyclic) bond motifs is 1. The van der Waals surface area contributed by atoms with E-state index in [4.69, 9.17) is 9.47 Å². The van der Waals surface area contributed by atoms with Gasteiger partial charge in [-0.2, -0.15) is 0 Å². The molecule has 1 unspecified atom stereocenters. The van der Waals surface area contributed by atoms with Gasteiger partial charge in [-0.05, 0) is 51.1 Å². The quantitative estimate of drug-likeness (QED) is 0.390. The summed E-state index contributed by atoms with van der Waals surface area (Å²) in [4.78, 5) is 29.5. The van der Waals surface area contributed by atoms with Crippen LogP contribution in [0.25, 0.3) is 11.0 Å². The Morgan fingerprint density at radius 1 is 0.946 bits per heavy atom. The predicted octanol–water partition coefficient (Wildman–Crippen LogP) is 4.14. The van der Waals surface area contributed by atoms with Crippen molar-refractivity contribution in [3.63, 3.8) is 0 Å². The Kier molecular flexibility index (Phi) is 7.42. The second kappa shape index (κ2) is 10.7. The van der Waals surface area contributed by atoms with Crippen molar-refractivity contribution in [1.29, 1.82) is 0 Å². The first kappa shape index (κ1) is 25.7. The molecule has 4 rings (SSSR count). The van der Waals surface area contributed by atoms with E-state index in [9.17, 15) is 9.59 Å². The third-order valence-corrected chi connectivity index (χ3v) is 5.74. The molecule has 0 fully saturated rings. The molecule has 0 aliphatic rings. The highest BCUT2D eigenvalue weighted by Gasteiger charge is 2.37. The lowest BCUT2D eigenvalue weighted by Crippen LogP contribution is -2.50. The standard InChI is InChI=1S/C28H31N5O4/c1-28(2,3)29-27(35)25(20-14-11-17-23(36-4)26(20)37-5)33(19-12-7-6-8-13-19)24(34)18-32-22-16-10-9-15-21(22)30-31-32/h6-17,25H,18H2,1-5H3,(H,29,35). The lowest BCUT2D eigenvalue weighted by atomic mass is 9.99. The van der Waals surface area contributed by atoms with Crippen molar-refractivity contribution in [3.8, 4) is 11.5 Å². The molecule has 0 aliphatic carbocycles. The summed E-state index contributed by atoms with van der Waals surface area (Å²) in [5.41, 5.74) is 1.89. The van der Waals surface area contributed by atoms with Crippen LogP contribution in [0.4, 0.5) is 5.69 Å². The van der Waals surface area contributed by atoms with Crippen LogP contribution in [0.3, 0.4) is 0 Å². The fourth-order valence-electron chi connectivity index (χ4n) is 4.23. The molecule has 0 aliphatic heterocycles. The average Bonchev–Trinajstić information content (AvgIpc) is 3.28. The SMILES string of the molecule is COc1cccc(C(C(=O)NC(C)(C)C)N(C(=O)Cn2nnc3ccccc32)c2ccccc2)c1OC. The van der Waals surface area contributed by atoms with Crippen LogP contribution in [0.15, 0.2) is 72.8 Å². The molecule has 37 heavy (non-hydrogen) atoms. The van der Waals surface area contributed by atoms with Crippen molar-refractivity contribution in [2.24, 2.45) is 0 Å². The minimum Gasteiger partial charge on any atom is -0.493 e. The van der Waals surface area contributed by atoms with E-state index in [1.807, 2.05) is 63.2 Å². The summed E-state index contributed by atoms with van der Waals surface area (Å²) in [6.45, 7) is 5.55. The van der Waals surface area contributed by atoms with Crippen LogP contribution < -0.4 is 19.7 Å². The summed E-state index contributed by atoms with van der Waals surface area (Å²) in [7, 11) is 3.04. The zero-order valence-electron chi connectivity index (χ0n) is 21.6. The van der Waals surface area contributed by atoms with Gasteiger partial charge in [-0.15, -0.1) is 5.10 Å². The molecule has 0 bridgehead atoms. The highest BCUT2D eigenvalue weighted by molar-refractivity contribution is 6.02. The first-order valence-corrected chi connectivity index (χ1v) is 11.9. The number of para-hydroxylation sites is 3. The van der Waals surface area contributed by atoms with Gasteiger partial charge in [0.2, 0.25) is 11.8 Å². The summed E-state index contributed by atoms with van der Waals surface area (Å²) in [6, 6.07) is 20.7. The first-order chi connectivity index (χ1) is 17.7. The summed E-state index contributed by atoms with van der Waals surface area (Å²) in [5.74, 6) is 0.121. The number of nitrogens with zero attached hydrogens (tertiary/aromatic N) is 4. The van der Waals surface area contributed by atoms with Gasteiger partial charge < -0.3 is 14.8 Å². The molecular formula is C28H31N5O4. The summed E-state index contributed by atoms with van der Waals surface area (Å²) in [5, 5.41) is 11.4. The maximum Gasteiger partial charge on any atom is 0.249 e.